The molecule has 0 spiro atoms. The summed E-state index contributed by atoms with van der Waals surface area (Å²) in [6.07, 6.45) is 1.64. The maximum Gasteiger partial charge on any atom is 0.293 e. The van der Waals surface area contributed by atoms with Crippen molar-refractivity contribution in [2.24, 2.45) is 0 Å². The van der Waals surface area contributed by atoms with Crippen LogP contribution in [0.4, 0.5) is 9.18 Å². The van der Waals surface area contributed by atoms with Gasteiger partial charge in [0.1, 0.15) is 18.2 Å². The molecule has 3 aromatic rings. The highest BCUT2D eigenvalue weighted by Gasteiger charge is 2.35. The first-order valence-corrected chi connectivity index (χ1v) is 11.5. The van der Waals surface area contributed by atoms with Crippen molar-refractivity contribution in [2.45, 2.75) is 20.1 Å². The van der Waals surface area contributed by atoms with Gasteiger partial charge in [-0.15, -0.1) is 0 Å². The number of ether oxygens (including phenoxy) is 1. The van der Waals surface area contributed by atoms with Crippen molar-refractivity contribution < 1.29 is 18.7 Å². The van der Waals surface area contributed by atoms with E-state index in [-0.39, 0.29) is 30.1 Å². The van der Waals surface area contributed by atoms with Gasteiger partial charge < -0.3 is 4.74 Å². The Balaban J connectivity index is 1.56. The van der Waals surface area contributed by atoms with Crippen molar-refractivity contribution in [1.29, 1.82) is 0 Å². The minimum atomic E-state index is -0.346. The number of thioether (sulfide) groups is 1. The highest BCUT2D eigenvalue weighted by atomic mass is 79.9. The van der Waals surface area contributed by atoms with Gasteiger partial charge in [0.05, 0.1) is 11.4 Å². The zero-order valence-electron chi connectivity index (χ0n) is 17.2. The number of aryl methyl sites for hydroxylation is 1. The average Bonchev–Trinajstić information content (AvgIpc) is 3.02. The number of benzene rings is 3. The summed E-state index contributed by atoms with van der Waals surface area (Å²) in [5, 5.41) is -0.313. The van der Waals surface area contributed by atoms with Crippen molar-refractivity contribution in [3.8, 4) is 5.75 Å². The van der Waals surface area contributed by atoms with Gasteiger partial charge in [-0.25, -0.2) is 4.39 Å². The molecule has 4 nitrogen and oxygen atoms in total. The topological polar surface area (TPSA) is 46.6 Å². The molecule has 0 unspecified atom stereocenters. The van der Waals surface area contributed by atoms with Gasteiger partial charge in [-0.3, -0.25) is 14.5 Å². The number of hydrogen-bond acceptors (Lipinski definition) is 4. The second kappa shape index (κ2) is 9.71. The quantitative estimate of drug-likeness (QED) is 0.345. The predicted octanol–water partition coefficient (Wildman–Crippen LogP) is 6.71. The molecule has 0 saturated carbocycles. The fraction of sp³-hybridized carbons (Fsp3) is 0.120. The van der Waals surface area contributed by atoms with Gasteiger partial charge in [0, 0.05) is 15.6 Å². The first-order valence-electron chi connectivity index (χ1n) is 9.87. The maximum atomic E-state index is 13.9. The maximum absolute atomic E-state index is 13.9. The summed E-state index contributed by atoms with van der Waals surface area (Å²) in [4.78, 5) is 27.0. The molecule has 7 heteroatoms. The zero-order chi connectivity index (χ0) is 22.7. The molecule has 2 amide bonds. The lowest BCUT2D eigenvalue weighted by Gasteiger charge is -2.13. The van der Waals surface area contributed by atoms with Crippen LogP contribution in [-0.4, -0.2) is 16.0 Å². The molecule has 3 aromatic carbocycles. The third-order valence-electron chi connectivity index (χ3n) is 4.90. The van der Waals surface area contributed by atoms with E-state index in [1.807, 2.05) is 31.2 Å². The molecule has 1 heterocycles. The van der Waals surface area contributed by atoms with Crippen molar-refractivity contribution in [3.05, 3.63) is 104 Å². The number of rotatable bonds is 6. The van der Waals surface area contributed by atoms with Crippen LogP contribution in [0.2, 0.25) is 0 Å². The fourth-order valence-corrected chi connectivity index (χ4v) is 4.51. The Morgan fingerprint density at radius 2 is 1.88 bits per heavy atom. The molecule has 162 valence electrons. The average molecular weight is 512 g/mol. The van der Waals surface area contributed by atoms with Crippen LogP contribution in [0.3, 0.4) is 0 Å². The van der Waals surface area contributed by atoms with E-state index < -0.39 is 0 Å². The normalized spacial score (nSPS) is 15.0. The molecular formula is C25H19BrFNO3S. The summed E-state index contributed by atoms with van der Waals surface area (Å²) in [5.41, 5.74) is 3.01. The van der Waals surface area contributed by atoms with Crippen LogP contribution in [0.25, 0.3) is 6.08 Å². The standard InChI is InChI=1S/C25H19BrFNO3S/c1-16-5-4-6-17(11-16)14-28-24(29)23(32-25(28)30)13-19-12-20(26)9-10-22(19)31-15-18-7-2-3-8-21(18)27/h2-13H,14-15H2,1H3/b23-13-. The summed E-state index contributed by atoms with van der Waals surface area (Å²) in [6.45, 7) is 2.23. The highest BCUT2D eigenvalue weighted by Crippen LogP contribution is 2.36. The van der Waals surface area contributed by atoms with Crippen LogP contribution in [0.1, 0.15) is 22.3 Å². The van der Waals surface area contributed by atoms with Crippen LogP contribution in [-0.2, 0) is 17.9 Å². The van der Waals surface area contributed by atoms with Gasteiger partial charge in [-0.05, 0) is 54.6 Å². The predicted molar refractivity (Wildman–Crippen MR) is 128 cm³/mol. The summed E-state index contributed by atoms with van der Waals surface area (Å²) < 4.78 is 20.6. The van der Waals surface area contributed by atoms with E-state index in [0.717, 1.165) is 27.4 Å². The Hall–Kier alpha value is -2.90. The molecule has 4 rings (SSSR count). The lowest BCUT2D eigenvalue weighted by molar-refractivity contribution is -0.123. The largest absolute Gasteiger partial charge is 0.488 e. The highest BCUT2D eigenvalue weighted by molar-refractivity contribution is 9.10. The molecule has 0 aromatic heterocycles. The van der Waals surface area contributed by atoms with Crippen LogP contribution in [0.15, 0.2) is 76.1 Å². The molecule has 0 radical (unpaired) electrons. The van der Waals surface area contributed by atoms with E-state index in [1.165, 1.54) is 11.0 Å². The van der Waals surface area contributed by atoms with Gasteiger partial charge in [-0.1, -0.05) is 64.0 Å². The molecule has 0 bridgehead atoms. The van der Waals surface area contributed by atoms with E-state index >= 15 is 0 Å². The van der Waals surface area contributed by atoms with Crippen LogP contribution in [0, 0.1) is 12.7 Å². The Kier molecular flexibility index (Phi) is 6.77. The molecule has 0 aliphatic carbocycles. The lowest BCUT2D eigenvalue weighted by Crippen LogP contribution is -2.27. The van der Waals surface area contributed by atoms with E-state index in [1.54, 1.807) is 42.5 Å². The summed E-state index contributed by atoms with van der Waals surface area (Å²) in [7, 11) is 0. The second-order valence-corrected chi connectivity index (χ2v) is 9.23. The summed E-state index contributed by atoms with van der Waals surface area (Å²) >= 11 is 4.33. The fourth-order valence-electron chi connectivity index (χ4n) is 3.31. The van der Waals surface area contributed by atoms with Gasteiger partial charge in [0.25, 0.3) is 11.1 Å². The lowest BCUT2D eigenvalue weighted by atomic mass is 10.1. The summed E-state index contributed by atoms with van der Waals surface area (Å²) in [6, 6.07) is 19.5. The first-order chi connectivity index (χ1) is 15.4. The van der Waals surface area contributed by atoms with Gasteiger partial charge >= 0.3 is 0 Å². The Bertz CT molecular complexity index is 1230. The number of carbonyl (C=O) groups excluding carboxylic acids is 2. The van der Waals surface area contributed by atoms with Crippen LogP contribution >= 0.6 is 27.7 Å². The van der Waals surface area contributed by atoms with Crippen molar-refractivity contribution in [2.75, 3.05) is 0 Å². The van der Waals surface area contributed by atoms with Gasteiger partial charge in [0.2, 0.25) is 0 Å². The van der Waals surface area contributed by atoms with E-state index in [2.05, 4.69) is 15.9 Å². The van der Waals surface area contributed by atoms with Gasteiger partial charge in [0.15, 0.2) is 0 Å². The SMILES string of the molecule is Cc1cccc(CN2C(=O)S/C(=C\c3cc(Br)ccc3OCc3ccccc3F)C2=O)c1. The third kappa shape index (κ3) is 5.11. The third-order valence-corrected chi connectivity index (χ3v) is 6.30. The van der Waals surface area contributed by atoms with Crippen molar-refractivity contribution in [3.63, 3.8) is 0 Å². The Labute approximate surface area is 198 Å². The molecule has 1 fully saturated rings. The molecule has 1 aliphatic rings. The van der Waals surface area contributed by atoms with Crippen LogP contribution in [0.5, 0.6) is 5.75 Å². The first kappa shape index (κ1) is 22.3. The summed E-state index contributed by atoms with van der Waals surface area (Å²) in [5.74, 6) is -0.202. The van der Waals surface area contributed by atoms with Crippen molar-refractivity contribution in [1.82, 2.24) is 4.90 Å². The van der Waals surface area contributed by atoms with Gasteiger partial charge in [-0.2, -0.15) is 0 Å². The number of carbonyl (C=O) groups is 2. The molecular weight excluding hydrogens is 493 g/mol. The molecule has 1 saturated heterocycles. The Morgan fingerprint density at radius 3 is 2.66 bits per heavy atom. The minimum absolute atomic E-state index is 0.0456. The number of amides is 2. The number of halogens is 2. The number of hydrogen-bond donors (Lipinski definition) is 0. The molecule has 1 aliphatic heterocycles. The monoisotopic (exact) mass is 511 g/mol. The zero-order valence-corrected chi connectivity index (χ0v) is 19.6. The Morgan fingerprint density at radius 1 is 1.06 bits per heavy atom. The molecule has 0 N–H and O–H groups in total. The molecule has 0 atom stereocenters. The second-order valence-electron chi connectivity index (χ2n) is 7.32. The van der Waals surface area contributed by atoms with Crippen LogP contribution < -0.4 is 4.74 Å². The van der Waals surface area contributed by atoms with E-state index in [4.69, 9.17) is 4.74 Å². The smallest absolute Gasteiger partial charge is 0.293 e. The van der Waals surface area contributed by atoms with E-state index in [0.29, 0.717) is 21.8 Å². The van der Waals surface area contributed by atoms with Crippen molar-refractivity contribution >= 4 is 44.9 Å². The number of imide groups is 1. The number of nitrogens with zero attached hydrogens (tertiary/aromatic N) is 1. The van der Waals surface area contributed by atoms with E-state index in [9.17, 15) is 14.0 Å². The molecule has 32 heavy (non-hydrogen) atoms. The minimum Gasteiger partial charge on any atom is -0.488 e.